The molecule has 4 nitrogen and oxygen atoms in total. The summed E-state index contributed by atoms with van der Waals surface area (Å²) < 4.78 is 5.09. The topological polar surface area (TPSA) is 64.3 Å². The fraction of sp³-hybridized carbons (Fsp3) is 0.909. The van der Waals surface area contributed by atoms with Crippen molar-refractivity contribution in [2.45, 2.75) is 52.8 Å². The van der Waals surface area contributed by atoms with E-state index in [0.29, 0.717) is 6.54 Å². The Morgan fingerprint density at radius 2 is 1.80 bits per heavy atom. The lowest BCUT2D eigenvalue weighted by Crippen LogP contribution is -2.43. The lowest BCUT2D eigenvalue weighted by atomic mass is 10.1. The Bertz CT molecular complexity index is 193. The summed E-state index contributed by atoms with van der Waals surface area (Å²) in [4.78, 5) is 11.4. The number of nitrogens with two attached hydrogens (primary N) is 1. The van der Waals surface area contributed by atoms with Gasteiger partial charge in [0, 0.05) is 18.6 Å². The molecular weight excluding hydrogens is 192 g/mol. The van der Waals surface area contributed by atoms with Crippen LogP contribution in [0.1, 0.15) is 34.6 Å². The molecule has 0 aliphatic heterocycles. The Morgan fingerprint density at radius 1 is 1.27 bits per heavy atom. The van der Waals surface area contributed by atoms with E-state index in [4.69, 9.17) is 10.5 Å². The second-order valence-electron chi connectivity index (χ2n) is 4.44. The quantitative estimate of drug-likeness (QED) is 0.647. The maximum absolute atomic E-state index is 11.4. The summed E-state index contributed by atoms with van der Waals surface area (Å²) in [5, 5.41) is 3.21. The number of rotatable bonds is 6. The minimum Gasteiger partial charge on any atom is -0.463 e. The van der Waals surface area contributed by atoms with Crippen LogP contribution in [0.5, 0.6) is 0 Å². The zero-order chi connectivity index (χ0) is 12.0. The van der Waals surface area contributed by atoms with Crippen LogP contribution in [-0.4, -0.2) is 30.7 Å². The Hall–Kier alpha value is -0.610. The second kappa shape index (κ2) is 6.80. The van der Waals surface area contributed by atoms with E-state index in [-0.39, 0.29) is 30.1 Å². The number of hydrogen-bond acceptors (Lipinski definition) is 4. The Morgan fingerprint density at radius 3 is 2.20 bits per heavy atom. The molecule has 0 saturated heterocycles. The third kappa shape index (κ3) is 6.47. The van der Waals surface area contributed by atoms with Crippen molar-refractivity contribution < 1.29 is 9.53 Å². The van der Waals surface area contributed by atoms with Crippen LogP contribution < -0.4 is 11.1 Å². The fourth-order valence-corrected chi connectivity index (χ4v) is 0.980. The molecule has 0 fully saturated rings. The smallest absolute Gasteiger partial charge is 0.310 e. The Balaban J connectivity index is 3.83. The van der Waals surface area contributed by atoms with Crippen LogP contribution in [-0.2, 0) is 9.53 Å². The summed E-state index contributed by atoms with van der Waals surface area (Å²) in [5.74, 6) is -0.289. The van der Waals surface area contributed by atoms with Gasteiger partial charge in [0.15, 0.2) is 0 Å². The molecule has 0 aromatic heterocycles. The highest BCUT2D eigenvalue weighted by Gasteiger charge is 2.17. The van der Waals surface area contributed by atoms with Crippen LogP contribution in [0.15, 0.2) is 0 Å². The van der Waals surface area contributed by atoms with Crippen molar-refractivity contribution >= 4 is 5.97 Å². The van der Waals surface area contributed by atoms with Gasteiger partial charge in [-0.15, -0.1) is 0 Å². The molecule has 0 rings (SSSR count). The minimum atomic E-state index is -0.158. The summed E-state index contributed by atoms with van der Waals surface area (Å²) in [7, 11) is 0. The number of nitrogens with one attached hydrogen (secondary N) is 1. The van der Waals surface area contributed by atoms with Gasteiger partial charge in [-0.05, 0) is 27.7 Å². The second-order valence-corrected chi connectivity index (χ2v) is 4.44. The highest BCUT2D eigenvalue weighted by atomic mass is 16.5. The molecule has 0 heterocycles. The SMILES string of the molecule is CC(C)OC(=O)C(C)CNC(C)C(C)N. The van der Waals surface area contributed by atoms with Gasteiger partial charge in [0.05, 0.1) is 12.0 Å². The van der Waals surface area contributed by atoms with Crippen molar-refractivity contribution in [1.29, 1.82) is 0 Å². The van der Waals surface area contributed by atoms with Gasteiger partial charge in [-0.3, -0.25) is 4.79 Å². The molecule has 0 aliphatic rings. The first kappa shape index (κ1) is 14.4. The summed E-state index contributed by atoms with van der Waals surface area (Å²) in [6.07, 6.45) is -0.0502. The first-order valence-corrected chi connectivity index (χ1v) is 5.54. The van der Waals surface area contributed by atoms with Crippen LogP contribution in [0.3, 0.4) is 0 Å². The zero-order valence-electron chi connectivity index (χ0n) is 10.4. The van der Waals surface area contributed by atoms with E-state index >= 15 is 0 Å². The van der Waals surface area contributed by atoms with Crippen molar-refractivity contribution in [3.63, 3.8) is 0 Å². The van der Waals surface area contributed by atoms with Gasteiger partial charge in [-0.2, -0.15) is 0 Å². The molecule has 15 heavy (non-hydrogen) atoms. The fourth-order valence-electron chi connectivity index (χ4n) is 0.980. The van der Waals surface area contributed by atoms with E-state index < -0.39 is 0 Å². The van der Waals surface area contributed by atoms with E-state index in [1.807, 2.05) is 34.6 Å². The van der Waals surface area contributed by atoms with Gasteiger partial charge < -0.3 is 15.8 Å². The summed E-state index contributed by atoms with van der Waals surface area (Å²) in [5.41, 5.74) is 5.70. The normalized spacial score (nSPS) is 17.3. The minimum absolute atomic E-state index is 0.0502. The summed E-state index contributed by atoms with van der Waals surface area (Å²) in [6, 6.07) is 0.289. The van der Waals surface area contributed by atoms with E-state index in [1.165, 1.54) is 0 Å². The van der Waals surface area contributed by atoms with Crippen molar-refractivity contribution in [2.24, 2.45) is 11.7 Å². The monoisotopic (exact) mass is 216 g/mol. The molecule has 3 unspecified atom stereocenters. The van der Waals surface area contributed by atoms with Crippen molar-refractivity contribution in [1.82, 2.24) is 5.32 Å². The number of carbonyl (C=O) groups is 1. The number of esters is 1. The summed E-state index contributed by atoms with van der Waals surface area (Å²) >= 11 is 0. The number of ether oxygens (including phenoxy) is 1. The zero-order valence-corrected chi connectivity index (χ0v) is 10.4. The van der Waals surface area contributed by atoms with Gasteiger partial charge in [-0.1, -0.05) is 6.92 Å². The molecule has 0 bridgehead atoms. The van der Waals surface area contributed by atoms with Crippen LogP contribution >= 0.6 is 0 Å². The van der Waals surface area contributed by atoms with Crippen molar-refractivity contribution in [3.05, 3.63) is 0 Å². The molecule has 0 radical (unpaired) electrons. The largest absolute Gasteiger partial charge is 0.463 e. The lowest BCUT2D eigenvalue weighted by Gasteiger charge is -2.20. The molecule has 0 aromatic rings. The van der Waals surface area contributed by atoms with Gasteiger partial charge in [0.25, 0.3) is 0 Å². The van der Waals surface area contributed by atoms with Crippen molar-refractivity contribution in [3.8, 4) is 0 Å². The Kier molecular flexibility index (Phi) is 6.52. The van der Waals surface area contributed by atoms with Crippen LogP contribution in [0.4, 0.5) is 0 Å². The molecule has 0 saturated carbocycles. The third-order valence-corrected chi connectivity index (χ3v) is 2.29. The highest BCUT2D eigenvalue weighted by Crippen LogP contribution is 2.01. The first-order chi connectivity index (χ1) is 6.84. The van der Waals surface area contributed by atoms with Crippen LogP contribution in [0.2, 0.25) is 0 Å². The molecule has 0 aliphatic carbocycles. The van der Waals surface area contributed by atoms with Crippen molar-refractivity contribution in [2.75, 3.05) is 6.54 Å². The van der Waals surface area contributed by atoms with E-state index in [1.54, 1.807) is 0 Å². The first-order valence-electron chi connectivity index (χ1n) is 5.54. The molecule has 0 amide bonds. The number of carbonyl (C=O) groups excluding carboxylic acids is 1. The predicted molar refractivity (Wildman–Crippen MR) is 61.5 cm³/mol. The maximum atomic E-state index is 11.4. The number of hydrogen-bond donors (Lipinski definition) is 2. The van der Waals surface area contributed by atoms with Gasteiger partial charge in [-0.25, -0.2) is 0 Å². The molecule has 4 heteroatoms. The van der Waals surface area contributed by atoms with Gasteiger partial charge >= 0.3 is 5.97 Å². The molecular formula is C11H24N2O2. The maximum Gasteiger partial charge on any atom is 0.310 e. The van der Waals surface area contributed by atoms with E-state index in [9.17, 15) is 4.79 Å². The molecule has 0 aromatic carbocycles. The Labute approximate surface area is 92.6 Å². The average Bonchev–Trinajstić information content (AvgIpc) is 2.12. The average molecular weight is 216 g/mol. The van der Waals surface area contributed by atoms with Gasteiger partial charge in [0.1, 0.15) is 0 Å². The van der Waals surface area contributed by atoms with Crippen LogP contribution in [0.25, 0.3) is 0 Å². The standard InChI is InChI=1S/C11H24N2O2/c1-7(2)15-11(14)8(3)6-13-10(5)9(4)12/h7-10,13H,6,12H2,1-5H3. The van der Waals surface area contributed by atoms with E-state index in [2.05, 4.69) is 5.32 Å². The third-order valence-electron chi connectivity index (χ3n) is 2.29. The molecule has 3 atom stereocenters. The molecule has 0 spiro atoms. The predicted octanol–water partition coefficient (Wildman–Crippen LogP) is 0.899. The summed E-state index contributed by atoms with van der Waals surface area (Å²) in [6.45, 7) is 10.1. The highest BCUT2D eigenvalue weighted by molar-refractivity contribution is 5.72. The van der Waals surface area contributed by atoms with E-state index in [0.717, 1.165) is 0 Å². The molecule has 90 valence electrons. The lowest BCUT2D eigenvalue weighted by molar-refractivity contribution is -0.151. The van der Waals surface area contributed by atoms with Crippen LogP contribution in [0, 0.1) is 5.92 Å². The van der Waals surface area contributed by atoms with Gasteiger partial charge in [0.2, 0.25) is 0 Å². The molecule has 3 N–H and O–H groups in total.